The third-order valence-electron chi connectivity index (χ3n) is 2.23. The molecular weight excluding hydrogens is 291 g/mol. The summed E-state index contributed by atoms with van der Waals surface area (Å²) in [6.45, 7) is 1.74. The smallest absolute Gasteiger partial charge is 0.319 e. The van der Waals surface area contributed by atoms with Crippen LogP contribution in [0.4, 0.5) is 14.9 Å². The van der Waals surface area contributed by atoms with Crippen LogP contribution in [0.2, 0.25) is 0 Å². The van der Waals surface area contributed by atoms with Crippen LogP contribution in [-0.4, -0.2) is 23.8 Å². The molecule has 1 unspecified atom stereocenters. The van der Waals surface area contributed by atoms with E-state index in [0.717, 1.165) is 0 Å². The predicted octanol–water partition coefficient (Wildman–Crippen LogP) is 2.48. The van der Waals surface area contributed by atoms with Crippen molar-refractivity contribution in [2.45, 2.75) is 19.4 Å². The molecule has 0 saturated carbocycles. The molecule has 3 N–H and O–H groups in total. The molecule has 2 amide bonds. The summed E-state index contributed by atoms with van der Waals surface area (Å²) in [7, 11) is 0. The molecule has 0 bridgehead atoms. The number of hydrogen-bond acceptors (Lipinski definition) is 2. The van der Waals surface area contributed by atoms with Crippen molar-refractivity contribution in [3.05, 3.63) is 28.5 Å². The maximum atomic E-state index is 12.9. The molecule has 4 nitrogen and oxygen atoms in total. The first-order valence-corrected chi connectivity index (χ1v) is 5.99. The lowest BCUT2D eigenvalue weighted by molar-refractivity contribution is 0.222. The van der Waals surface area contributed by atoms with Crippen molar-refractivity contribution >= 4 is 27.6 Å². The van der Waals surface area contributed by atoms with Gasteiger partial charge in [-0.15, -0.1) is 0 Å². The van der Waals surface area contributed by atoms with Gasteiger partial charge in [0.05, 0.1) is 17.1 Å². The lowest BCUT2D eigenvalue weighted by Gasteiger charge is -2.14. The molecule has 0 heterocycles. The first kappa shape index (κ1) is 13.9. The van der Waals surface area contributed by atoms with Gasteiger partial charge in [0.15, 0.2) is 0 Å². The molecule has 1 aromatic rings. The van der Waals surface area contributed by atoms with Gasteiger partial charge >= 0.3 is 6.03 Å². The Kier molecular flexibility index (Phi) is 5.37. The van der Waals surface area contributed by atoms with E-state index in [4.69, 9.17) is 5.11 Å². The van der Waals surface area contributed by atoms with E-state index in [9.17, 15) is 9.18 Å². The molecule has 6 heteroatoms. The van der Waals surface area contributed by atoms with Gasteiger partial charge in [0.25, 0.3) is 0 Å². The van der Waals surface area contributed by atoms with Gasteiger partial charge in [0.2, 0.25) is 0 Å². The topological polar surface area (TPSA) is 61.4 Å². The van der Waals surface area contributed by atoms with Crippen LogP contribution in [0.25, 0.3) is 0 Å². The second-order valence-electron chi connectivity index (χ2n) is 3.52. The molecule has 0 aliphatic carbocycles. The van der Waals surface area contributed by atoms with Crippen LogP contribution in [0.15, 0.2) is 22.7 Å². The highest BCUT2D eigenvalue weighted by atomic mass is 79.9. The average molecular weight is 305 g/mol. The first-order valence-electron chi connectivity index (χ1n) is 5.20. The van der Waals surface area contributed by atoms with Gasteiger partial charge in [0.1, 0.15) is 5.82 Å². The summed E-state index contributed by atoms with van der Waals surface area (Å²) in [5.74, 6) is -0.391. The Balaban J connectivity index is 2.58. The molecule has 0 aliphatic rings. The lowest BCUT2D eigenvalue weighted by Crippen LogP contribution is -2.39. The molecule has 0 aliphatic heterocycles. The maximum absolute atomic E-state index is 12.9. The molecule has 94 valence electrons. The van der Waals surface area contributed by atoms with E-state index in [0.29, 0.717) is 12.1 Å². The van der Waals surface area contributed by atoms with Crippen molar-refractivity contribution in [1.82, 2.24) is 5.32 Å². The Labute approximate surface area is 107 Å². The molecular formula is C11H14BrFN2O2. The summed E-state index contributed by atoms with van der Waals surface area (Å²) >= 11 is 3.03. The van der Waals surface area contributed by atoms with Crippen molar-refractivity contribution < 1.29 is 14.3 Å². The molecule has 0 fully saturated rings. The summed E-state index contributed by atoms with van der Waals surface area (Å²) < 4.78 is 13.2. The number of amides is 2. The lowest BCUT2D eigenvalue weighted by atomic mass is 10.2. The number of halogens is 2. The van der Waals surface area contributed by atoms with Gasteiger partial charge in [-0.25, -0.2) is 9.18 Å². The average Bonchev–Trinajstić information content (AvgIpc) is 2.31. The minimum atomic E-state index is -0.426. The summed E-state index contributed by atoms with van der Waals surface area (Å²) in [6.07, 6.45) is 0.636. The van der Waals surface area contributed by atoms with Crippen LogP contribution >= 0.6 is 15.9 Å². The maximum Gasteiger partial charge on any atom is 0.319 e. The normalized spacial score (nSPS) is 12.0. The largest absolute Gasteiger partial charge is 0.394 e. The number of hydrogen-bond donors (Lipinski definition) is 3. The number of aliphatic hydroxyl groups is 1. The van der Waals surface area contributed by atoms with Crippen LogP contribution in [0, 0.1) is 5.82 Å². The van der Waals surface area contributed by atoms with Gasteiger partial charge in [-0.2, -0.15) is 0 Å². The Bertz CT molecular complexity index is 397. The van der Waals surface area contributed by atoms with E-state index in [2.05, 4.69) is 26.6 Å². The quantitative estimate of drug-likeness (QED) is 0.800. The third-order valence-corrected chi connectivity index (χ3v) is 2.83. The van der Waals surface area contributed by atoms with Crippen LogP contribution in [0.5, 0.6) is 0 Å². The van der Waals surface area contributed by atoms with Crippen LogP contribution < -0.4 is 10.6 Å². The molecule has 0 saturated heterocycles. The van der Waals surface area contributed by atoms with E-state index in [1.54, 1.807) is 0 Å². The fraction of sp³-hybridized carbons (Fsp3) is 0.364. The van der Waals surface area contributed by atoms with Crippen LogP contribution in [0.3, 0.4) is 0 Å². The van der Waals surface area contributed by atoms with Crippen molar-refractivity contribution in [3.8, 4) is 0 Å². The van der Waals surface area contributed by atoms with Crippen LogP contribution in [0.1, 0.15) is 13.3 Å². The van der Waals surface area contributed by atoms with Gasteiger partial charge in [-0.3, -0.25) is 0 Å². The number of rotatable bonds is 4. The number of anilines is 1. The van der Waals surface area contributed by atoms with Crippen molar-refractivity contribution in [3.63, 3.8) is 0 Å². The molecule has 1 rings (SSSR count). The second-order valence-corrected chi connectivity index (χ2v) is 4.37. The SMILES string of the molecule is CCC(CO)NC(=O)Nc1ccc(F)c(Br)c1. The summed E-state index contributed by atoms with van der Waals surface area (Å²) in [5, 5.41) is 14.1. The fourth-order valence-electron chi connectivity index (χ4n) is 1.20. The Morgan fingerprint density at radius 1 is 1.59 bits per heavy atom. The number of carbonyl (C=O) groups excluding carboxylic acids is 1. The summed E-state index contributed by atoms with van der Waals surface area (Å²) in [6, 6.07) is 3.47. The predicted molar refractivity (Wildman–Crippen MR) is 67.4 cm³/mol. The summed E-state index contributed by atoms with van der Waals surface area (Å²) in [5.41, 5.74) is 0.476. The molecule has 1 aromatic carbocycles. The summed E-state index contributed by atoms with van der Waals surface area (Å²) in [4.78, 5) is 11.5. The Morgan fingerprint density at radius 2 is 2.29 bits per heavy atom. The van der Waals surface area contributed by atoms with Gasteiger partial charge in [-0.05, 0) is 40.5 Å². The van der Waals surface area contributed by atoms with Crippen LogP contribution in [-0.2, 0) is 0 Å². The fourth-order valence-corrected chi connectivity index (χ4v) is 1.58. The highest BCUT2D eigenvalue weighted by Crippen LogP contribution is 2.19. The molecule has 0 spiro atoms. The number of aliphatic hydroxyl groups excluding tert-OH is 1. The van der Waals surface area contributed by atoms with Crippen molar-refractivity contribution in [1.29, 1.82) is 0 Å². The van der Waals surface area contributed by atoms with Crippen molar-refractivity contribution in [2.75, 3.05) is 11.9 Å². The van der Waals surface area contributed by atoms with E-state index >= 15 is 0 Å². The number of benzene rings is 1. The molecule has 17 heavy (non-hydrogen) atoms. The van der Waals surface area contributed by atoms with E-state index in [1.807, 2.05) is 6.92 Å². The number of urea groups is 1. The minimum absolute atomic E-state index is 0.114. The zero-order valence-corrected chi connectivity index (χ0v) is 10.9. The molecule has 1 atom stereocenters. The standard InChI is InChI=1S/C11H14BrFN2O2/c1-2-7(6-16)14-11(17)15-8-3-4-10(13)9(12)5-8/h3-5,7,16H,2,6H2,1H3,(H2,14,15,17). The van der Waals surface area contributed by atoms with Gasteiger partial charge in [-0.1, -0.05) is 6.92 Å². The van der Waals surface area contributed by atoms with Crippen molar-refractivity contribution in [2.24, 2.45) is 0 Å². The number of carbonyl (C=O) groups is 1. The second kappa shape index (κ2) is 6.56. The molecule has 0 radical (unpaired) electrons. The van der Waals surface area contributed by atoms with Gasteiger partial charge in [0, 0.05) is 5.69 Å². The van der Waals surface area contributed by atoms with E-state index in [-0.39, 0.29) is 17.1 Å². The first-order chi connectivity index (χ1) is 8.06. The Hall–Kier alpha value is -1.14. The minimum Gasteiger partial charge on any atom is -0.394 e. The zero-order chi connectivity index (χ0) is 12.8. The van der Waals surface area contributed by atoms with Gasteiger partial charge < -0.3 is 15.7 Å². The highest BCUT2D eigenvalue weighted by molar-refractivity contribution is 9.10. The number of nitrogens with one attached hydrogen (secondary N) is 2. The zero-order valence-electron chi connectivity index (χ0n) is 9.34. The highest BCUT2D eigenvalue weighted by Gasteiger charge is 2.09. The Morgan fingerprint density at radius 3 is 2.82 bits per heavy atom. The van der Waals surface area contributed by atoms with E-state index in [1.165, 1.54) is 18.2 Å². The monoisotopic (exact) mass is 304 g/mol. The molecule has 0 aromatic heterocycles. The van der Waals surface area contributed by atoms with E-state index < -0.39 is 11.8 Å². The third kappa shape index (κ3) is 4.32.